The largest absolute Gasteiger partial charge is 0.389 e. The van der Waals surface area contributed by atoms with Gasteiger partial charge in [0.05, 0.1) is 25.4 Å². The number of thioether (sulfide) groups is 1. The summed E-state index contributed by atoms with van der Waals surface area (Å²) < 4.78 is 5.27. The van der Waals surface area contributed by atoms with Crippen molar-refractivity contribution in [2.24, 2.45) is 0 Å². The maximum atomic E-state index is 9.75. The van der Waals surface area contributed by atoms with Crippen molar-refractivity contribution in [1.82, 2.24) is 4.90 Å². The highest BCUT2D eigenvalue weighted by atomic mass is 32.2. The van der Waals surface area contributed by atoms with E-state index in [1.807, 2.05) is 7.05 Å². The average Bonchev–Trinajstić information content (AvgIpc) is 2.76. The van der Waals surface area contributed by atoms with Gasteiger partial charge in [0.1, 0.15) is 0 Å². The summed E-state index contributed by atoms with van der Waals surface area (Å²) in [5.41, 5.74) is 1.27. The maximum absolute atomic E-state index is 9.75. The van der Waals surface area contributed by atoms with Crippen LogP contribution in [0, 0.1) is 0 Å². The number of aliphatic hydroxyl groups excluding tert-OH is 1. The van der Waals surface area contributed by atoms with E-state index in [-0.39, 0.29) is 12.1 Å². The first kappa shape index (κ1) is 12.9. The molecular weight excluding hydrogens is 234 g/mol. The van der Waals surface area contributed by atoms with E-state index in [2.05, 4.69) is 35.4 Å². The van der Waals surface area contributed by atoms with E-state index in [1.165, 1.54) is 10.5 Å². The van der Waals surface area contributed by atoms with Crippen molar-refractivity contribution in [1.29, 1.82) is 0 Å². The third-order valence-corrected chi connectivity index (χ3v) is 3.92. The van der Waals surface area contributed by atoms with Crippen LogP contribution in [0.2, 0.25) is 0 Å². The smallest absolute Gasteiger partial charge is 0.0950 e. The van der Waals surface area contributed by atoms with Crippen molar-refractivity contribution in [3.05, 3.63) is 29.8 Å². The summed E-state index contributed by atoms with van der Waals surface area (Å²) in [7, 11) is 2.03. The topological polar surface area (TPSA) is 32.7 Å². The van der Waals surface area contributed by atoms with Crippen LogP contribution in [-0.2, 0) is 11.3 Å². The number of hydrogen-bond acceptors (Lipinski definition) is 4. The fourth-order valence-electron chi connectivity index (χ4n) is 2.09. The van der Waals surface area contributed by atoms with E-state index in [1.54, 1.807) is 11.8 Å². The van der Waals surface area contributed by atoms with Crippen molar-refractivity contribution >= 4 is 11.8 Å². The molecule has 0 radical (unpaired) electrons. The van der Waals surface area contributed by atoms with Gasteiger partial charge in [-0.25, -0.2) is 0 Å². The molecule has 1 fully saturated rings. The lowest BCUT2D eigenvalue weighted by Gasteiger charge is -2.25. The van der Waals surface area contributed by atoms with Gasteiger partial charge < -0.3 is 9.84 Å². The van der Waals surface area contributed by atoms with Crippen molar-refractivity contribution in [3.8, 4) is 0 Å². The fourth-order valence-corrected chi connectivity index (χ4v) is 2.50. The van der Waals surface area contributed by atoms with Crippen molar-refractivity contribution < 1.29 is 9.84 Å². The Morgan fingerprint density at radius 2 is 2.06 bits per heavy atom. The fraction of sp³-hybridized carbons (Fsp3) is 0.538. The van der Waals surface area contributed by atoms with Crippen LogP contribution in [0.4, 0.5) is 0 Å². The summed E-state index contributed by atoms with van der Waals surface area (Å²) in [5.74, 6) is 0. The second-order valence-corrected chi connectivity index (χ2v) is 5.31. The van der Waals surface area contributed by atoms with Crippen molar-refractivity contribution in [2.45, 2.75) is 23.6 Å². The van der Waals surface area contributed by atoms with E-state index in [0.717, 1.165) is 6.54 Å². The third kappa shape index (κ3) is 3.22. The predicted molar refractivity (Wildman–Crippen MR) is 70.3 cm³/mol. The zero-order valence-corrected chi connectivity index (χ0v) is 11.1. The van der Waals surface area contributed by atoms with Gasteiger partial charge in [0.2, 0.25) is 0 Å². The molecule has 17 heavy (non-hydrogen) atoms. The predicted octanol–water partition coefficient (Wildman–Crippen LogP) is 1.60. The zero-order chi connectivity index (χ0) is 12.3. The molecule has 2 rings (SSSR count). The standard InChI is InChI=1S/C13H19NO2S/c1-14(12-8-16-9-13(12)15)7-10-3-5-11(17-2)6-4-10/h3-6,12-13,15H,7-9H2,1-2H3/t12-,13-/m1/s1. The summed E-state index contributed by atoms with van der Waals surface area (Å²) in [6.45, 7) is 1.93. The Balaban J connectivity index is 1.95. The molecule has 1 aliphatic heterocycles. The minimum Gasteiger partial charge on any atom is -0.389 e. The lowest BCUT2D eigenvalue weighted by atomic mass is 10.1. The summed E-state index contributed by atoms with van der Waals surface area (Å²) in [6, 6.07) is 8.68. The number of ether oxygens (including phenoxy) is 1. The number of likely N-dealkylation sites (N-methyl/N-ethyl adjacent to an activating group) is 1. The molecule has 0 bridgehead atoms. The molecule has 1 aromatic rings. The second kappa shape index (κ2) is 5.87. The average molecular weight is 253 g/mol. The number of rotatable bonds is 4. The van der Waals surface area contributed by atoms with E-state index in [0.29, 0.717) is 13.2 Å². The molecule has 0 saturated carbocycles. The Bertz CT molecular complexity index is 355. The van der Waals surface area contributed by atoms with Gasteiger partial charge >= 0.3 is 0 Å². The van der Waals surface area contributed by atoms with Gasteiger partial charge in [0.25, 0.3) is 0 Å². The molecule has 0 aliphatic carbocycles. The Hall–Kier alpha value is -0.550. The lowest BCUT2D eigenvalue weighted by molar-refractivity contribution is 0.0925. The van der Waals surface area contributed by atoms with Gasteiger partial charge in [-0.05, 0) is 31.0 Å². The van der Waals surface area contributed by atoms with Crippen molar-refractivity contribution in [3.63, 3.8) is 0 Å². The highest BCUT2D eigenvalue weighted by molar-refractivity contribution is 7.98. The van der Waals surface area contributed by atoms with Crippen LogP contribution in [0.1, 0.15) is 5.56 Å². The molecule has 3 nitrogen and oxygen atoms in total. The van der Waals surface area contributed by atoms with E-state index >= 15 is 0 Å². The molecular formula is C13H19NO2S. The third-order valence-electron chi connectivity index (χ3n) is 3.18. The molecule has 1 heterocycles. The SMILES string of the molecule is CSc1ccc(CN(C)[C@@H]2COC[C@H]2O)cc1. The lowest BCUT2D eigenvalue weighted by Crippen LogP contribution is -2.39. The minimum absolute atomic E-state index is 0.121. The minimum atomic E-state index is -0.356. The van der Waals surface area contributed by atoms with Crippen LogP contribution in [0.3, 0.4) is 0 Å². The normalized spacial score (nSPS) is 24.5. The Morgan fingerprint density at radius 1 is 1.35 bits per heavy atom. The number of nitrogens with zero attached hydrogens (tertiary/aromatic N) is 1. The number of hydrogen-bond donors (Lipinski definition) is 1. The molecule has 0 amide bonds. The van der Waals surface area contributed by atoms with E-state index in [4.69, 9.17) is 4.74 Å². The molecule has 1 N–H and O–H groups in total. The van der Waals surface area contributed by atoms with Crippen LogP contribution >= 0.6 is 11.8 Å². The van der Waals surface area contributed by atoms with Crippen LogP contribution in [-0.4, -0.2) is 48.7 Å². The van der Waals surface area contributed by atoms with Crippen molar-refractivity contribution in [2.75, 3.05) is 26.5 Å². The second-order valence-electron chi connectivity index (χ2n) is 4.44. The molecule has 1 aliphatic rings. The van der Waals surface area contributed by atoms with Gasteiger partial charge in [-0.1, -0.05) is 12.1 Å². The van der Waals surface area contributed by atoms with Crippen LogP contribution < -0.4 is 0 Å². The molecule has 0 unspecified atom stereocenters. The van der Waals surface area contributed by atoms with Crippen LogP contribution in [0.5, 0.6) is 0 Å². The highest BCUT2D eigenvalue weighted by Gasteiger charge is 2.29. The first-order chi connectivity index (χ1) is 8.20. The quantitative estimate of drug-likeness (QED) is 0.826. The summed E-state index contributed by atoms with van der Waals surface area (Å²) in [5, 5.41) is 9.75. The Labute approximate surface area is 107 Å². The van der Waals surface area contributed by atoms with Gasteiger partial charge in [-0.3, -0.25) is 4.90 Å². The van der Waals surface area contributed by atoms with E-state index < -0.39 is 0 Å². The first-order valence-corrected chi connectivity index (χ1v) is 7.02. The zero-order valence-electron chi connectivity index (χ0n) is 10.3. The summed E-state index contributed by atoms with van der Waals surface area (Å²) in [4.78, 5) is 3.44. The number of benzene rings is 1. The molecule has 1 saturated heterocycles. The first-order valence-electron chi connectivity index (χ1n) is 5.79. The van der Waals surface area contributed by atoms with Gasteiger partial charge in [0, 0.05) is 11.4 Å². The van der Waals surface area contributed by atoms with Gasteiger partial charge in [0.15, 0.2) is 0 Å². The Morgan fingerprint density at radius 3 is 2.59 bits per heavy atom. The molecule has 0 spiro atoms. The number of aliphatic hydroxyl groups is 1. The molecule has 2 atom stereocenters. The molecule has 1 aromatic carbocycles. The van der Waals surface area contributed by atoms with Gasteiger partial charge in [-0.2, -0.15) is 0 Å². The Kier molecular flexibility index (Phi) is 4.45. The molecule has 0 aromatic heterocycles. The molecule has 4 heteroatoms. The van der Waals surface area contributed by atoms with Gasteiger partial charge in [-0.15, -0.1) is 11.8 Å². The van der Waals surface area contributed by atoms with E-state index in [9.17, 15) is 5.11 Å². The molecule has 94 valence electrons. The highest BCUT2D eigenvalue weighted by Crippen LogP contribution is 2.18. The summed E-state index contributed by atoms with van der Waals surface area (Å²) >= 11 is 1.75. The monoisotopic (exact) mass is 253 g/mol. The van der Waals surface area contributed by atoms with Crippen LogP contribution in [0.15, 0.2) is 29.2 Å². The summed E-state index contributed by atoms with van der Waals surface area (Å²) in [6.07, 6.45) is 1.72. The maximum Gasteiger partial charge on any atom is 0.0950 e. The van der Waals surface area contributed by atoms with Crippen LogP contribution in [0.25, 0.3) is 0 Å².